The van der Waals surface area contributed by atoms with Crippen molar-refractivity contribution >= 4 is 23.2 Å². The van der Waals surface area contributed by atoms with Crippen LogP contribution < -0.4 is 5.32 Å². The second-order valence-electron chi connectivity index (χ2n) is 5.78. The number of nitrogens with zero attached hydrogens (tertiary/aromatic N) is 1. The number of carbonyl (C=O) groups excluding carboxylic acids is 2. The molecule has 4 nitrogen and oxygen atoms in total. The van der Waals surface area contributed by atoms with E-state index in [4.69, 9.17) is 0 Å². The zero-order chi connectivity index (χ0) is 15.2. The number of carbonyl (C=O) groups is 2. The van der Waals surface area contributed by atoms with Crippen LogP contribution in [0.5, 0.6) is 0 Å². The minimum absolute atomic E-state index is 0.0517. The lowest BCUT2D eigenvalue weighted by Gasteiger charge is -2.31. The minimum Gasteiger partial charge on any atom is -0.353 e. The molecule has 0 radical (unpaired) electrons. The fourth-order valence-electron chi connectivity index (χ4n) is 2.78. The van der Waals surface area contributed by atoms with Gasteiger partial charge in [-0.05, 0) is 37.6 Å². The van der Waals surface area contributed by atoms with E-state index in [0.717, 1.165) is 31.2 Å². The van der Waals surface area contributed by atoms with Crippen LogP contribution in [0.15, 0.2) is 16.8 Å². The molecule has 1 aliphatic heterocycles. The Morgan fingerprint density at radius 2 is 2.14 bits per heavy atom. The Morgan fingerprint density at radius 3 is 2.71 bits per heavy atom. The predicted molar refractivity (Wildman–Crippen MR) is 85.5 cm³/mol. The Morgan fingerprint density at radius 1 is 1.43 bits per heavy atom. The average molecular weight is 308 g/mol. The second-order valence-corrected chi connectivity index (χ2v) is 6.56. The van der Waals surface area contributed by atoms with Crippen LogP contribution in [0, 0.1) is 5.92 Å². The molecule has 2 heterocycles. The van der Waals surface area contributed by atoms with Crippen LogP contribution >= 0.6 is 11.3 Å². The summed E-state index contributed by atoms with van der Waals surface area (Å²) in [5, 5.41) is 6.88. The molecule has 1 aromatic rings. The summed E-state index contributed by atoms with van der Waals surface area (Å²) in [4.78, 5) is 26.3. The van der Waals surface area contributed by atoms with Crippen molar-refractivity contribution in [3.05, 3.63) is 22.4 Å². The molecule has 0 unspecified atom stereocenters. The average Bonchev–Trinajstić information content (AvgIpc) is 3.01. The van der Waals surface area contributed by atoms with Gasteiger partial charge in [-0.25, -0.2) is 0 Å². The van der Waals surface area contributed by atoms with Crippen LogP contribution in [0.1, 0.15) is 49.9 Å². The van der Waals surface area contributed by atoms with Gasteiger partial charge in [0.25, 0.3) is 5.91 Å². The number of rotatable bonds is 5. The Hall–Kier alpha value is -1.36. The molecule has 5 heteroatoms. The van der Waals surface area contributed by atoms with Gasteiger partial charge >= 0.3 is 0 Å². The van der Waals surface area contributed by atoms with Crippen LogP contribution in [0.25, 0.3) is 0 Å². The van der Waals surface area contributed by atoms with E-state index >= 15 is 0 Å². The normalized spacial score (nSPS) is 17.5. The SMILES string of the molecule is CCC[C@H](C)NC(=O)C1CCN(C(=O)c2ccsc2)CC1. The maximum absolute atomic E-state index is 12.2. The van der Waals surface area contributed by atoms with E-state index in [1.54, 1.807) is 0 Å². The maximum atomic E-state index is 12.2. The van der Waals surface area contributed by atoms with E-state index in [0.29, 0.717) is 13.1 Å². The zero-order valence-corrected chi connectivity index (χ0v) is 13.6. The van der Waals surface area contributed by atoms with Crippen molar-refractivity contribution in [3.63, 3.8) is 0 Å². The molecule has 1 fully saturated rings. The molecular weight excluding hydrogens is 284 g/mol. The van der Waals surface area contributed by atoms with Crippen molar-refractivity contribution in [2.45, 2.75) is 45.6 Å². The molecule has 21 heavy (non-hydrogen) atoms. The standard InChI is InChI=1S/C16H24N2O2S/c1-3-4-12(2)17-15(19)13-5-8-18(9-6-13)16(20)14-7-10-21-11-14/h7,10-13H,3-6,8-9H2,1-2H3,(H,17,19)/t12-/m0/s1. The van der Waals surface area contributed by atoms with Crippen molar-refractivity contribution in [1.29, 1.82) is 0 Å². The van der Waals surface area contributed by atoms with Gasteiger partial charge in [0.05, 0.1) is 5.56 Å². The smallest absolute Gasteiger partial charge is 0.254 e. The molecule has 1 N–H and O–H groups in total. The number of amides is 2. The topological polar surface area (TPSA) is 49.4 Å². The number of likely N-dealkylation sites (tertiary alicyclic amines) is 1. The molecule has 0 aliphatic carbocycles. The number of thiophene rings is 1. The molecule has 2 amide bonds. The molecule has 1 atom stereocenters. The second kappa shape index (κ2) is 7.59. The summed E-state index contributed by atoms with van der Waals surface area (Å²) in [7, 11) is 0. The van der Waals surface area contributed by atoms with Crippen LogP contribution in [0.2, 0.25) is 0 Å². The van der Waals surface area contributed by atoms with E-state index in [9.17, 15) is 9.59 Å². The Labute approximate surface area is 130 Å². The van der Waals surface area contributed by atoms with Gasteiger partial charge in [0.15, 0.2) is 0 Å². The predicted octanol–water partition coefficient (Wildman–Crippen LogP) is 2.91. The lowest BCUT2D eigenvalue weighted by atomic mass is 9.95. The first-order valence-corrected chi connectivity index (χ1v) is 8.68. The first-order chi connectivity index (χ1) is 10.1. The highest BCUT2D eigenvalue weighted by molar-refractivity contribution is 7.08. The number of hydrogen-bond donors (Lipinski definition) is 1. The highest BCUT2D eigenvalue weighted by Crippen LogP contribution is 2.20. The van der Waals surface area contributed by atoms with Crippen LogP contribution in [-0.2, 0) is 4.79 Å². The zero-order valence-electron chi connectivity index (χ0n) is 12.8. The van der Waals surface area contributed by atoms with Crippen molar-refractivity contribution in [2.24, 2.45) is 5.92 Å². The molecule has 2 rings (SSSR count). The van der Waals surface area contributed by atoms with Gasteiger partial charge in [-0.1, -0.05) is 13.3 Å². The molecule has 0 bridgehead atoms. The van der Waals surface area contributed by atoms with Gasteiger partial charge in [-0.2, -0.15) is 11.3 Å². The quantitative estimate of drug-likeness (QED) is 0.909. The van der Waals surface area contributed by atoms with E-state index in [-0.39, 0.29) is 23.8 Å². The summed E-state index contributed by atoms with van der Waals surface area (Å²) in [6.07, 6.45) is 3.62. The molecule has 1 aromatic heterocycles. The van der Waals surface area contributed by atoms with Crippen molar-refractivity contribution in [3.8, 4) is 0 Å². The molecular formula is C16H24N2O2S. The van der Waals surface area contributed by atoms with Gasteiger partial charge in [0.1, 0.15) is 0 Å². The summed E-state index contributed by atoms with van der Waals surface area (Å²) in [6.45, 7) is 5.53. The maximum Gasteiger partial charge on any atom is 0.254 e. The Balaban J connectivity index is 1.80. The molecule has 0 spiro atoms. The van der Waals surface area contributed by atoms with Gasteiger partial charge < -0.3 is 10.2 Å². The van der Waals surface area contributed by atoms with Crippen LogP contribution in [0.4, 0.5) is 0 Å². The van der Waals surface area contributed by atoms with Crippen molar-refractivity contribution in [2.75, 3.05) is 13.1 Å². The van der Waals surface area contributed by atoms with E-state index in [2.05, 4.69) is 19.2 Å². The van der Waals surface area contributed by atoms with Gasteiger partial charge in [0, 0.05) is 30.4 Å². The summed E-state index contributed by atoms with van der Waals surface area (Å²) in [5.74, 6) is 0.295. The van der Waals surface area contributed by atoms with Crippen molar-refractivity contribution < 1.29 is 9.59 Å². The summed E-state index contributed by atoms with van der Waals surface area (Å²) in [5.41, 5.74) is 0.763. The van der Waals surface area contributed by atoms with Gasteiger partial charge in [-0.3, -0.25) is 9.59 Å². The van der Waals surface area contributed by atoms with Gasteiger partial charge in [0.2, 0.25) is 5.91 Å². The summed E-state index contributed by atoms with van der Waals surface area (Å²) < 4.78 is 0. The van der Waals surface area contributed by atoms with Gasteiger partial charge in [-0.15, -0.1) is 0 Å². The van der Waals surface area contributed by atoms with E-state index < -0.39 is 0 Å². The number of piperidine rings is 1. The largest absolute Gasteiger partial charge is 0.353 e. The van der Waals surface area contributed by atoms with Crippen LogP contribution in [0.3, 0.4) is 0 Å². The lowest BCUT2D eigenvalue weighted by Crippen LogP contribution is -2.44. The third-order valence-corrected chi connectivity index (χ3v) is 4.71. The highest BCUT2D eigenvalue weighted by Gasteiger charge is 2.28. The first-order valence-electron chi connectivity index (χ1n) is 7.73. The lowest BCUT2D eigenvalue weighted by molar-refractivity contribution is -0.126. The third kappa shape index (κ3) is 4.30. The summed E-state index contributed by atoms with van der Waals surface area (Å²) >= 11 is 1.54. The molecule has 1 aliphatic rings. The molecule has 1 saturated heterocycles. The monoisotopic (exact) mass is 308 g/mol. The minimum atomic E-state index is 0.0517. The fourth-order valence-corrected chi connectivity index (χ4v) is 3.41. The number of hydrogen-bond acceptors (Lipinski definition) is 3. The first kappa shape index (κ1) is 16.0. The Bertz CT molecular complexity index is 465. The fraction of sp³-hybridized carbons (Fsp3) is 0.625. The Kier molecular flexibility index (Phi) is 5.79. The number of nitrogens with one attached hydrogen (secondary N) is 1. The highest BCUT2D eigenvalue weighted by atomic mass is 32.1. The molecule has 116 valence electrons. The van der Waals surface area contributed by atoms with E-state index in [1.165, 1.54) is 11.3 Å². The van der Waals surface area contributed by atoms with E-state index in [1.807, 2.05) is 21.7 Å². The van der Waals surface area contributed by atoms with Crippen LogP contribution in [-0.4, -0.2) is 35.8 Å². The molecule has 0 aromatic carbocycles. The third-order valence-electron chi connectivity index (χ3n) is 4.03. The van der Waals surface area contributed by atoms with Crippen molar-refractivity contribution in [1.82, 2.24) is 10.2 Å². The molecule has 0 saturated carbocycles. The summed E-state index contributed by atoms with van der Waals surface area (Å²) in [6, 6.07) is 2.10.